The number of hydrogen-bond donors (Lipinski definition) is 1. The first-order valence-electron chi connectivity index (χ1n) is 8.52. The summed E-state index contributed by atoms with van der Waals surface area (Å²) >= 11 is 0. The van der Waals surface area contributed by atoms with E-state index in [9.17, 15) is 18.0 Å². The standard InChI is InChI=1S/C19H16F3N3O4/c1-2-27-18(26)17-16(23-25-24-17)15-6-4-3-5-12(15)11-28-13-7-9-14(10-8-13)29-19(20,21)22/h3-10H,2,11H2,1H3,(H,23,24,25). The molecule has 7 nitrogen and oxygen atoms in total. The number of hydrogen-bond acceptors (Lipinski definition) is 6. The number of nitrogens with one attached hydrogen (secondary N) is 1. The second-order valence-electron chi connectivity index (χ2n) is 5.71. The van der Waals surface area contributed by atoms with Crippen LogP contribution in [0.4, 0.5) is 13.2 Å². The van der Waals surface area contributed by atoms with Gasteiger partial charge in [0.2, 0.25) is 0 Å². The molecule has 10 heteroatoms. The molecule has 3 aromatic rings. The van der Waals surface area contributed by atoms with Crippen molar-refractivity contribution >= 4 is 5.97 Å². The van der Waals surface area contributed by atoms with Gasteiger partial charge in [0.05, 0.1) is 6.61 Å². The fourth-order valence-corrected chi connectivity index (χ4v) is 2.54. The Morgan fingerprint density at radius 1 is 1.03 bits per heavy atom. The summed E-state index contributed by atoms with van der Waals surface area (Å²) in [5.74, 6) is -0.598. The lowest BCUT2D eigenvalue weighted by Gasteiger charge is -2.12. The Balaban J connectivity index is 1.76. The second-order valence-corrected chi connectivity index (χ2v) is 5.71. The molecular weight excluding hydrogens is 391 g/mol. The summed E-state index contributed by atoms with van der Waals surface area (Å²) in [6, 6.07) is 12.1. The van der Waals surface area contributed by atoms with Gasteiger partial charge in [-0.05, 0) is 36.8 Å². The van der Waals surface area contributed by atoms with Crippen LogP contribution in [0, 0.1) is 0 Å². The SMILES string of the molecule is CCOC(=O)c1n[nH]nc1-c1ccccc1COc1ccc(OC(F)(F)F)cc1. The van der Waals surface area contributed by atoms with Gasteiger partial charge in [-0.1, -0.05) is 24.3 Å². The first kappa shape index (κ1) is 20.2. The number of carbonyl (C=O) groups excluding carboxylic acids is 1. The number of ether oxygens (including phenoxy) is 3. The molecule has 0 aliphatic carbocycles. The predicted octanol–water partition coefficient (Wildman–Crippen LogP) is 4.13. The van der Waals surface area contributed by atoms with Crippen LogP contribution in [0.15, 0.2) is 48.5 Å². The predicted molar refractivity (Wildman–Crippen MR) is 95.2 cm³/mol. The average molecular weight is 407 g/mol. The van der Waals surface area contributed by atoms with Gasteiger partial charge >= 0.3 is 12.3 Å². The fraction of sp³-hybridized carbons (Fsp3) is 0.211. The van der Waals surface area contributed by atoms with Crippen molar-refractivity contribution < 1.29 is 32.2 Å². The molecule has 1 N–H and O–H groups in total. The summed E-state index contributed by atoms with van der Waals surface area (Å²) in [5, 5.41) is 10.3. The quantitative estimate of drug-likeness (QED) is 0.593. The topological polar surface area (TPSA) is 86.3 Å². The molecule has 29 heavy (non-hydrogen) atoms. The number of aromatic amines is 1. The van der Waals surface area contributed by atoms with E-state index in [1.54, 1.807) is 31.2 Å². The lowest BCUT2D eigenvalue weighted by molar-refractivity contribution is -0.274. The molecule has 0 atom stereocenters. The summed E-state index contributed by atoms with van der Waals surface area (Å²) in [6.07, 6.45) is -4.75. The number of H-pyrrole nitrogens is 1. The smallest absolute Gasteiger partial charge is 0.489 e. The van der Waals surface area contributed by atoms with Crippen molar-refractivity contribution in [1.82, 2.24) is 15.4 Å². The summed E-state index contributed by atoms with van der Waals surface area (Å²) in [7, 11) is 0. The van der Waals surface area contributed by atoms with Crippen molar-refractivity contribution in [2.24, 2.45) is 0 Å². The van der Waals surface area contributed by atoms with E-state index >= 15 is 0 Å². The Kier molecular flexibility index (Phi) is 6.01. The zero-order valence-corrected chi connectivity index (χ0v) is 15.2. The highest BCUT2D eigenvalue weighted by molar-refractivity contribution is 5.94. The third-order valence-electron chi connectivity index (χ3n) is 3.74. The van der Waals surface area contributed by atoms with Gasteiger partial charge in [-0.15, -0.1) is 18.3 Å². The lowest BCUT2D eigenvalue weighted by atomic mass is 10.0. The van der Waals surface area contributed by atoms with Gasteiger partial charge in [0, 0.05) is 5.56 Å². The molecule has 0 bridgehead atoms. The van der Waals surface area contributed by atoms with Crippen LogP contribution >= 0.6 is 0 Å². The van der Waals surface area contributed by atoms with Crippen LogP contribution in [-0.4, -0.2) is 34.3 Å². The Morgan fingerprint density at radius 3 is 2.41 bits per heavy atom. The number of esters is 1. The molecule has 0 aliphatic heterocycles. The molecule has 0 amide bonds. The molecule has 1 aromatic heterocycles. The molecule has 0 saturated heterocycles. The highest BCUT2D eigenvalue weighted by Crippen LogP contribution is 2.27. The van der Waals surface area contributed by atoms with Gasteiger partial charge in [-0.3, -0.25) is 0 Å². The number of carbonyl (C=O) groups is 1. The van der Waals surface area contributed by atoms with Crippen LogP contribution in [0.3, 0.4) is 0 Å². The monoisotopic (exact) mass is 407 g/mol. The molecule has 0 saturated carbocycles. The maximum absolute atomic E-state index is 12.2. The number of nitrogens with zero attached hydrogens (tertiary/aromatic N) is 2. The van der Waals surface area contributed by atoms with Crippen molar-refractivity contribution in [1.29, 1.82) is 0 Å². The largest absolute Gasteiger partial charge is 0.573 e. The maximum atomic E-state index is 12.2. The summed E-state index contributed by atoms with van der Waals surface area (Å²) in [6.45, 7) is 1.97. The number of benzene rings is 2. The molecule has 0 aliphatic rings. The maximum Gasteiger partial charge on any atom is 0.573 e. The lowest BCUT2D eigenvalue weighted by Crippen LogP contribution is -2.16. The van der Waals surface area contributed by atoms with Crippen molar-refractivity contribution in [2.75, 3.05) is 6.61 Å². The third-order valence-corrected chi connectivity index (χ3v) is 3.74. The normalized spacial score (nSPS) is 11.2. The van der Waals surface area contributed by atoms with E-state index in [-0.39, 0.29) is 24.7 Å². The zero-order chi connectivity index (χ0) is 20.9. The van der Waals surface area contributed by atoms with Gasteiger partial charge < -0.3 is 14.2 Å². The third kappa shape index (κ3) is 5.24. The highest BCUT2D eigenvalue weighted by Gasteiger charge is 2.31. The van der Waals surface area contributed by atoms with Crippen LogP contribution in [-0.2, 0) is 11.3 Å². The van der Waals surface area contributed by atoms with Gasteiger partial charge in [0.1, 0.15) is 23.8 Å². The van der Waals surface area contributed by atoms with Crippen LogP contribution in [0.25, 0.3) is 11.3 Å². The van der Waals surface area contributed by atoms with E-state index in [0.717, 1.165) is 12.1 Å². The number of rotatable bonds is 7. The Labute approximate surface area is 163 Å². The minimum Gasteiger partial charge on any atom is -0.489 e. The fourth-order valence-electron chi connectivity index (χ4n) is 2.54. The minimum absolute atomic E-state index is 0.0490. The average Bonchev–Trinajstić information content (AvgIpc) is 3.16. The molecule has 0 spiro atoms. The Hall–Kier alpha value is -3.56. The van der Waals surface area contributed by atoms with E-state index in [1.807, 2.05) is 0 Å². The van der Waals surface area contributed by atoms with E-state index < -0.39 is 12.3 Å². The molecule has 2 aromatic carbocycles. The summed E-state index contributed by atoms with van der Waals surface area (Å²) in [5.41, 5.74) is 1.67. The highest BCUT2D eigenvalue weighted by atomic mass is 19.4. The van der Waals surface area contributed by atoms with Gasteiger partial charge in [0.15, 0.2) is 5.69 Å². The number of aromatic nitrogens is 3. The molecule has 0 radical (unpaired) electrons. The molecule has 152 valence electrons. The van der Waals surface area contributed by atoms with Crippen LogP contribution < -0.4 is 9.47 Å². The van der Waals surface area contributed by atoms with Crippen LogP contribution in [0.5, 0.6) is 11.5 Å². The van der Waals surface area contributed by atoms with Gasteiger partial charge in [-0.25, -0.2) is 4.79 Å². The minimum atomic E-state index is -4.75. The van der Waals surface area contributed by atoms with Crippen molar-refractivity contribution in [3.8, 4) is 22.8 Å². The van der Waals surface area contributed by atoms with E-state index in [0.29, 0.717) is 22.6 Å². The van der Waals surface area contributed by atoms with Crippen molar-refractivity contribution in [2.45, 2.75) is 19.9 Å². The van der Waals surface area contributed by atoms with Crippen molar-refractivity contribution in [3.05, 3.63) is 59.8 Å². The summed E-state index contributed by atoms with van der Waals surface area (Å²) < 4.78 is 51.1. The van der Waals surface area contributed by atoms with Gasteiger partial charge in [0.25, 0.3) is 0 Å². The number of alkyl halides is 3. The van der Waals surface area contributed by atoms with E-state index in [4.69, 9.17) is 9.47 Å². The Morgan fingerprint density at radius 2 is 1.72 bits per heavy atom. The zero-order valence-electron chi connectivity index (χ0n) is 15.2. The van der Waals surface area contributed by atoms with E-state index in [2.05, 4.69) is 20.1 Å². The van der Waals surface area contributed by atoms with Crippen LogP contribution in [0.1, 0.15) is 23.0 Å². The first-order valence-corrected chi connectivity index (χ1v) is 8.52. The van der Waals surface area contributed by atoms with Crippen molar-refractivity contribution in [3.63, 3.8) is 0 Å². The second kappa shape index (κ2) is 8.63. The van der Waals surface area contributed by atoms with Gasteiger partial charge in [-0.2, -0.15) is 10.3 Å². The summed E-state index contributed by atoms with van der Waals surface area (Å²) in [4.78, 5) is 12.1. The molecule has 3 rings (SSSR count). The number of halogens is 3. The molecule has 1 heterocycles. The molecular formula is C19H16F3N3O4. The Bertz CT molecular complexity index is 971. The molecule has 0 unspecified atom stereocenters. The first-order chi connectivity index (χ1) is 13.9. The molecule has 0 fully saturated rings. The van der Waals surface area contributed by atoms with Crippen LogP contribution in [0.2, 0.25) is 0 Å². The van der Waals surface area contributed by atoms with E-state index in [1.165, 1.54) is 12.1 Å².